The van der Waals surface area contributed by atoms with Gasteiger partial charge in [0.1, 0.15) is 0 Å². The number of hydrogen-bond acceptors (Lipinski definition) is 4. The van der Waals surface area contributed by atoms with Crippen molar-refractivity contribution in [3.8, 4) is 0 Å². The third-order valence-electron chi connectivity index (χ3n) is 5.12. The normalized spacial score (nSPS) is 18.6. The first kappa shape index (κ1) is 19.9. The second kappa shape index (κ2) is 7.64. The van der Waals surface area contributed by atoms with Crippen molar-refractivity contribution in [3.63, 3.8) is 0 Å². The van der Waals surface area contributed by atoms with Gasteiger partial charge >= 0.3 is 0 Å². The predicted molar refractivity (Wildman–Crippen MR) is 106 cm³/mol. The molecule has 0 saturated carbocycles. The van der Waals surface area contributed by atoms with Crippen molar-refractivity contribution >= 4 is 27.3 Å². The lowest BCUT2D eigenvalue weighted by Gasteiger charge is -2.18. The molecule has 0 radical (unpaired) electrons. The van der Waals surface area contributed by atoms with Gasteiger partial charge in [0.05, 0.1) is 29.7 Å². The lowest BCUT2D eigenvalue weighted by Crippen LogP contribution is -2.28. The smallest absolute Gasteiger partial charge is 0.227 e. The molecular weight excluding hydrogens is 386 g/mol. The third-order valence-corrected chi connectivity index (χ3v) is 7.12. The van der Waals surface area contributed by atoms with E-state index in [1.165, 1.54) is 0 Å². The van der Waals surface area contributed by atoms with Crippen LogP contribution in [0.4, 0.5) is 0 Å². The van der Waals surface area contributed by atoms with Gasteiger partial charge in [0.15, 0.2) is 9.84 Å². The molecule has 1 aromatic heterocycles. The lowest BCUT2D eigenvalue weighted by molar-refractivity contribution is -0.129. The molecule has 0 spiro atoms. The molecule has 1 fully saturated rings. The molecule has 146 valence electrons. The first-order valence-corrected chi connectivity index (χ1v) is 11.1. The highest BCUT2D eigenvalue weighted by atomic mass is 35.5. The molecule has 0 N–H and O–H groups in total. The molecule has 2 aromatic rings. The Kier molecular flexibility index (Phi) is 5.63. The standard InChI is InChI=1S/C19H24ClN3O3S/c1-13-18(14(2)23(21-13)17-8-9-27(25,26)12-17)11-22(3)19(24)10-15-4-6-16(20)7-5-15/h4-7,17H,8-12H2,1-3H3/t17-/m1/s1. The van der Waals surface area contributed by atoms with Gasteiger partial charge in [0.25, 0.3) is 0 Å². The maximum atomic E-state index is 12.6. The first-order chi connectivity index (χ1) is 12.7. The zero-order chi connectivity index (χ0) is 19.8. The molecule has 3 rings (SSSR count). The van der Waals surface area contributed by atoms with Crippen LogP contribution >= 0.6 is 11.6 Å². The van der Waals surface area contributed by atoms with Crippen LogP contribution < -0.4 is 0 Å². The van der Waals surface area contributed by atoms with E-state index in [4.69, 9.17) is 11.6 Å². The fraction of sp³-hybridized carbons (Fsp3) is 0.474. The number of likely N-dealkylation sites (N-methyl/N-ethyl adjacent to an activating group) is 1. The minimum Gasteiger partial charge on any atom is -0.341 e. The minimum absolute atomic E-state index is 0.00677. The zero-order valence-corrected chi connectivity index (χ0v) is 17.3. The van der Waals surface area contributed by atoms with E-state index in [2.05, 4.69) is 5.10 Å². The maximum Gasteiger partial charge on any atom is 0.227 e. The molecule has 1 atom stereocenters. The number of nitrogens with zero attached hydrogens (tertiary/aromatic N) is 3. The summed E-state index contributed by atoms with van der Waals surface area (Å²) in [6.07, 6.45) is 0.899. The number of amides is 1. The minimum atomic E-state index is -2.97. The molecule has 1 aliphatic rings. The van der Waals surface area contributed by atoms with Gasteiger partial charge in [-0.05, 0) is 38.0 Å². The molecule has 0 aliphatic carbocycles. The highest BCUT2D eigenvalue weighted by Gasteiger charge is 2.31. The van der Waals surface area contributed by atoms with Crippen LogP contribution in [-0.4, -0.2) is 47.6 Å². The van der Waals surface area contributed by atoms with Crippen LogP contribution in [-0.2, 0) is 27.6 Å². The van der Waals surface area contributed by atoms with Crippen molar-refractivity contribution in [3.05, 3.63) is 51.8 Å². The van der Waals surface area contributed by atoms with E-state index in [-0.39, 0.29) is 23.5 Å². The summed E-state index contributed by atoms with van der Waals surface area (Å²) < 4.78 is 25.4. The van der Waals surface area contributed by atoms with E-state index in [0.29, 0.717) is 24.4 Å². The van der Waals surface area contributed by atoms with Crippen molar-refractivity contribution in [1.29, 1.82) is 0 Å². The predicted octanol–water partition coefficient (Wildman–Crippen LogP) is 2.71. The van der Waals surface area contributed by atoms with E-state index in [1.54, 1.807) is 24.1 Å². The van der Waals surface area contributed by atoms with Crippen LogP contribution in [0.3, 0.4) is 0 Å². The number of sulfone groups is 1. The molecule has 1 saturated heterocycles. The molecule has 27 heavy (non-hydrogen) atoms. The second-order valence-electron chi connectivity index (χ2n) is 7.20. The van der Waals surface area contributed by atoms with Crippen LogP contribution in [0, 0.1) is 13.8 Å². The fourth-order valence-corrected chi connectivity index (χ4v) is 5.30. The van der Waals surface area contributed by atoms with Crippen molar-refractivity contribution in [2.75, 3.05) is 18.6 Å². The first-order valence-electron chi connectivity index (χ1n) is 8.89. The van der Waals surface area contributed by atoms with Crippen LogP contribution in [0.15, 0.2) is 24.3 Å². The van der Waals surface area contributed by atoms with Gasteiger partial charge in [0, 0.05) is 29.9 Å². The quantitative estimate of drug-likeness (QED) is 0.761. The summed E-state index contributed by atoms with van der Waals surface area (Å²) in [6.45, 7) is 4.29. The molecule has 1 aliphatic heterocycles. The lowest BCUT2D eigenvalue weighted by atomic mass is 10.1. The summed E-state index contributed by atoms with van der Waals surface area (Å²) in [5, 5.41) is 5.21. The van der Waals surface area contributed by atoms with Crippen molar-refractivity contribution in [2.24, 2.45) is 0 Å². The third kappa shape index (κ3) is 4.52. The number of aromatic nitrogens is 2. The van der Waals surface area contributed by atoms with Crippen LogP contribution in [0.25, 0.3) is 0 Å². The molecule has 2 heterocycles. The van der Waals surface area contributed by atoms with Crippen molar-refractivity contribution < 1.29 is 13.2 Å². The highest BCUT2D eigenvalue weighted by molar-refractivity contribution is 7.91. The Balaban J connectivity index is 1.71. The second-order valence-corrected chi connectivity index (χ2v) is 9.87. The van der Waals surface area contributed by atoms with E-state index in [9.17, 15) is 13.2 Å². The molecule has 1 aromatic carbocycles. The summed E-state index contributed by atoms with van der Waals surface area (Å²) in [5.41, 5.74) is 3.66. The number of hydrogen-bond donors (Lipinski definition) is 0. The Bertz CT molecular complexity index is 951. The van der Waals surface area contributed by atoms with Gasteiger partial charge < -0.3 is 4.90 Å². The number of aryl methyl sites for hydroxylation is 1. The fourth-order valence-electron chi connectivity index (χ4n) is 3.49. The highest BCUT2D eigenvalue weighted by Crippen LogP contribution is 2.27. The maximum absolute atomic E-state index is 12.6. The SMILES string of the molecule is Cc1nn([C@@H]2CCS(=O)(=O)C2)c(C)c1CN(C)C(=O)Cc1ccc(Cl)cc1. The summed E-state index contributed by atoms with van der Waals surface area (Å²) in [5.74, 6) is 0.359. The van der Waals surface area contributed by atoms with E-state index in [1.807, 2.05) is 30.7 Å². The Morgan fingerprint density at radius 2 is 1.96 bits per heavy atom. The van der Waals surface area contributed by atoms with Crippen LogP contribution in [0.5, 0.6) is 0 Å². The summed E-state index contributed by atoms with van der Waals surface area (Å²) in [7, 11) is -1.20. The Labute approximate surface area is 165 Å². The molecule has 1 amide bonds. The Morgan fingerprint density at radius 3 is 2.56 bits per heavy atom. The van der Waals surface area contributed by atoms with E-state index >= 15 is 0 Å². The molecule has 8 heteroatoms. The van der Waals surface area contributed by atoms with Crippen molar-refractivity contribution in [1.82, 2.24) is 14.7 Å². The Morgan fingerprint density at radius 1 is 1.30 bits per heavy atom. The summed E-state index contributed by atoms with van der Waals surface area (Å²) >= 11 is 5.88. The van der Waals surface area contributed by atoms with Gasteiger partial charge in [0.2, 0.25) is 5.91 Å². The van der Waals surface area contributed by atoms with Gasteiger partial charge in [-0.3, -0.25) is 9.48 Å². The van der Waals surface area contributed by atoms with Gasteiger partial charge in [-0.2, -0.15) is 5.10 Å². The van der Waals surface area contributed by atoms with Crippen LogP contribution in [0.2, 0.25) is 5.02 Å². The van der Waals surface area contributed by atoms with Gasteiger partial charge in [-0.1, -0.05) is 23.7 Å². The summed E-state index contributed by atoms with van der Waals surface area (Å²) in [6, 6.07) is 7.14. The van der Waals surface area contributed by atoms with Crippen LogP contribution in [0.1, 0.15) is 35.0 Å². The van der Waals surface area contributed by atoms with E-state index in [0.717, 1.165) is 22.5 Å². The number of benzene rings is 1. The number of rotatable bonds is 5. The summed E-state index contributed by atoms with van der Waals surface area (Å²) in [4.78, 5) is 14.2. The van der Waals surface area contributed by atoms with E-state index < -0.39 is 9.84 Å². The monoisotopic (exact) mass is 409 g/mol. The number of carbonyl (C=O) groups is 1. The molecule has 6 nitrogen and oxygen atoms in total. The number of carbonyl (C=O) groups excluding carboxylic acids is 1. The average Bonchev–Trinajstić information content (AvgIpc) is 3.10. The topological polar surface area (TPSA) is 72.3 Å². The molecular formula is C19H24ClN3O3S. The zero-order valence-electron chi connectivity index (χ0n) is 15.8. The van der Waals surface area contributed by atoms with Gasteiger partial charge in [-0.15, -0.1) is 0 Å². The largest absolute Gasteiger partial charge is 0.341 e. The number of halogens is 1. The van der Waals surface area contributed by atoms with Gasteiger partial charge in [-0.25, -0.2) is 8.42 Å². The molecule has 0 unspecified atom stereocenters. The Hall–Kier alpha value is -1.86. The molecule has 0 bridgehead atoms. The van der Waals surface area contributed by atoms with Crippen molar-refractivity contribution in [2.45, 2.75) is 39.3 Å². The average molecular weight is 410 g/mol.